The zero-order chi connectivity index (χ0) is 12.8. The highest BCUT2D eigenvalue weighted by molar-refractivity contribution is 5.66. The van der Waals surface area contributed by atoms with Crippen LogP contribution >= 0.6 is 0 Å². The second-order valence-corrected chi connectivity index (χ2v) is 4.94. The third-order valence-electron chi connectivity index (χ3n) is 3.55. The van der Waals surface area contributed by atoms with Crippen LogP contribution in [-0.2, 0) is 19.1 Å². The zero-order valence-corrected chi connectivity index (χ0v) is 10.9. The monoisotopic (exact) mass is 242 g/mol. The number of rotatable bonds is 4. The Balaban J connectivity index is 2.50. The lowest BCUT2D eigenvalue weighted by molar-refractivity contribution is -0.148. The van der Waals surface area contributed by atoms with Gasteiger partial charge in [0.05, 0.1) is 13.2 Å². The van der Waals surface area contributed by atoms with E-state index < -0.39 is 0 Å². The second-order valence-electron chi connectivity index (χ2n) is 4.94. The van der Waals surface area contributed by atoms with Gasteiger partial charge in [-0.05, 0) is 18.3 Å². The van der Waals surface area contributed by atoms with Crippen molar-refractivity contribution in [1.29, 1.82) is 0 Å². The molecule has 0 heterocycles. The van der Waals surface area contributed by atoms with Crippen molar-refractivity contribution in [2.45, 2.75) is 40.0 Å². The number of carbonyl (C=O) groups excluding carboxylic acids is 2. The average Bonchev–Trinajstić information content (AvgIpc) is 2.24. The Morgan fingerprint density at radius 3 is 2.24 bits per heavy atom. The van der Waals surface area contributed by atoms with E-state index in [2.05, 4.69) is 6.92 Å². The van der Waals surface area contributed by atoms with Gasteiger partial charge < -0.3 is 9.47 Å². The fraction of sp³-hybridized carbons (Fsp3) is 0.846. The first-order valence-electron chi connectivity index (χ1n) is 6.27. The summed E-state index contributed by atoms with van der Waals surface area (Å²) in [7, 11) is 0. The van der Waals surface area contributed by atoms with E-state index in [1.54, 1.807) is 0 Å². The van der Waals surface area contributed by atoms with Crippen LogP contribution in [0.2, 0.25) is 0 Å². The lowest BCUT2D eigenvalue weighted by atomic mass is 9.73. The molecule has 0 unspecified atom stereocenters. The normalized spacial score (nSPS) is 28.5. The highest BCUT2D eigenvalue weighted by Crippen LogP contribution is 2.35. The molecule has 0 aromatic carbocycles. The topological polar surface area (TPSA) is 52.6 Å². The van der Waals surface area contributed by atoms with Crippen molar-refractivity contribution in [3.63, 3.8) is 0 Å². The van der Waals surface area contributed by atoms with Gasteiger partial charge in [0.1, 0.15) is 0 Å². The molecule has 1 fully saturated rings. The number of ether oxygens (including phenoxy) is 2. The van der Waals surface area contributed by atoms with Gasteiger partial charge in [-0.3, -0.25) is 9.59 Å². The van der Waals surface area contributed by atoms with Crippen LogP contribution in [0, 0.1) is 17.8 Å². The van der Waals surface area contributed by atoms with E-state index in [4.69, 9.17) is 9.47 Å². The molecule has 1 aliphatic rings. The first-order valence-corrected chi connectivity index (χ1v) is 6.27. The first kappa shape index (κ1) is 14.0. The van der Waals surface area contributed by atoms with Crippen LogP contribution in [0.5, 0.6) is 0 Å². The third-order valence-corrected chi connectivity index (χ3v) is 3.55. The van der Waals surface area contributed by atoms with Crippen molar-refractivity contribution in [3.8, 4) is 0 Å². The summed E-state index contributed by atoms with van der Waals surface area (Å²) in [5.74, 6) is 0.668. The number of carbonyl (C=O) groups is 2. The van der Waals surface area contributed by atoms with Crippen LogP contribution in [0.1, 0.15) is 40.0 Å². The molecule has 0 radical (unpaired) electrons. The van der Waals surface area contributed by atoms with Crippen LogP contribution < -0.4 is 0 Å². The van der Waals surface area contributed by atoms with E-state index in [0.717, 1.165) is 19.3 Å². The van der Waals surface area contributed by atoms with Gasteiger partial charge in [-0.1, -0.05) is 19.8 Å². The zero-order valence-electron chi connectivity index (χ0n) is 10.9. The van der Waals surface area contributed by atoms with Gasteiger partial charge in [-0.25, -0.2) is 0 Å². The van der Waals surface area contributed by atoms with Crippen molar-refractivity contribution in [3.05, 3.63) is 0 Å². The van der Waals surface area contributed by atoms with Gasteiger partial charge in [0, 0.05) is 19.8 Å². The van der Waals surface area contributed by atoms with Crippen LogP contribution in [0.4, 0.5) is 0 Å². The van der Waals surface area contributed by atoms with E-state index >= 15 is 0 Å². The van der Waals surface area contributed by atoms with Crippen LogP contribution in [0.3, 0.4) is 0 Å². The molecule has 0 N–H and O–H groups in total. The Morgan fingerprint density at radius 2 is 1.65 bits per heavy atom. The molecule has 3 atom stereocenters. The molecule has 0 spiro atoms. The lowest BCUT2D eigenvalue weighted by Gasteiger charge is -2.35. The SMILES string of the molecule is CC(=O)OC[C@@H]1CCC[C@@H](C)[C@H]1COC(C)=O. The maximum absolute atomic E-state index is 10.9. The van der Waals surface area contributed by atoms with E-state index in [9.17, 15) is 9.59 Å². The molecular formula is C13H22O4. The largest absolute Gasteiger partial charge is 0.466 e. The minimum absolute atomic E-state index is 0.241. The predicted molar refractivity (Wildman–Crippen MR) is 63.3 cm³/mol. The first-order chi connectivity index (χ1) is 8.00. The fourth-order valence-corrected chi connectivity index (χ4v) is 2.54. The molecule has 1 aliphatic carbocycles. The quantitative estimate of drug-likeness (QED) is 0.709. The maximum atomic E-state index is 10.9. The van der Waals surface area contributed by atoms with Gasteiger partial charge in [0.2, 0.25) is 0 Å². The van der Waals surface area contributed by atoms with Crippen molar-refractivity contribution < 1.29 is 19.1 Å². The molecule has 98 valence electrons. The molecule has 4 heteroatoms. The van der Waals surface area contributed by atoms with Crippen LogP contribution in [0.15, 0.2) is 0 Å². The van der Waals surface area contributed by atoms with Crippen LogP contribution in [0.25, 0.3) is 0 Å². The predicted octanol–water partition coefficient (Wildman–Crippen LogP) is 2.17. The van der Waals surface area contributed by atoms with E-state index in [-0.39, 0.29) is 11.9 Å². The molecule has 0 bridgehead atoms. The lowest BCUT2D eigenvalue weighted by Crippen LogP contribution is -2.34. The summed E-state index contributed by atoms with van der Waals surface area (Å²) in [5, 5.41) is 0. The summed E-state index contributed by atoms with van der Waals surface area (Å²) >= 11 is 0. The van der Waals surface area contributed by atoms with E-state index in [1.165, 1.54) is 13.8 Å². The minimum atomic E-state index is -0.242. The molecule has 4 nitrogen and oxygen atoms in total. The summed E-state index contributed by atoms with van der Waals surface area (Å²) < 4.78 is 10.2. The van der Waals surface area contributed by atoms with E-state index in [1.807, 2.05) is 0 Å². The second kappa shape index (κ2) is 6.62. The van der Waals surface area contributed by atoms with Gasteiger partial charge >= 0.3 is 11.9 Å². The highest BCUT2D eigenvalue weighted by Gasteiger charge is 2.32. The number of esters is 2. The summed E-state index contributed by atoms with van der Waals surface area (Å²) in [6.07, 6.45) is 3.36. The van der Waals surface area contributed by atoms with Gasteiger partial charge in [-0.15, -0.1) is 0 Å². The fourth-order valence-electron chi connectivity index (χ4n) is 2.54. The van der Waals surface area contributed by atoms with Crippen LogP contribution in [-0.4, -0.2) is 25.2 Å². The molecule has 1 saturated carbocycles. The summed E-state index contributed by atoms with van der Waals surface area (Å²) in [4.78, 5) is 21.7. The summed E-state index contributed by atoms with van der Waals surface area (Å²) in [6.45, 7) is 5.92. The van der Waals surface area contributed by atoms with Crippen molar-refractivity contribution in [1.82, 2.24) is 0 Å². The molecule has 0 aromatic heterocycles. The Hall–Kier alpha value is -1.06. The Labute approximate surface area is 103 Å². The molecular weight excluding hydrogens is 220 g/mol. The Bertz CT molecular complexity index is 275. The number of hydrogen-bond donors (Lipinski definition) is 0. The van der Waals surface area contributed by atoms with Crippen molar-refractivity contribution in [2.75, 3.05) is 13.2 Å². The van der Waals surface area contributed by atoms with Gasteiger partial charge in [0.25, 0.3) is 0 Å². The van der Waals surface area contributed by atoms with Gasteiger partial charge in [-0.2, -0.15) is 0 Å². The number of hydrogen-bond acceptors (Lipinski definition) is 4. The molecule has 0 aliphatic heterocycles. The highest BCUT2D eigenvalue weighted by atomic mass is 16.5. The van der Waals surface area contributed by atoms with E-state index in [0.29, 0.717) is 31.0 Å². The smallest absolute Gasteiger partial charge is 0.302 e. The molecule has 17 heavy (non-hydrogen) atoms. The standard InChI is InChI=1S/C13H22O4/c1-9-5-4-6-12(7-16-10(2)14)13(9)8-17-11(3)15/h9,12-13H,4-8H2,1-3H3/t9-,12+,13-/m1/s1. The molecule has 1 rings (SSSR count). The third kappa shape index (κ3) is 4.75. The van der Waals surface area contributed by atoms with Crippen molar-refractivity contribution in [2.24, 2.45) is 17.8 Å². The summed E-state index contributed by atoms with van der Waals surface area (Å²) in [5.41, 5.74) is 0. The molecule has 0 amide bonds. The van der Waals surface area contributed by atoms with Crippen molar-refractivity contribution >= 4 is 11.9 Å². The van der Waals surface area contributed by atoms with Gasteiger partial charge in [0.15, 0.2) is 0 Å². The summed E-state index contributed by atoms with van der Waals surface area (Å²) in [6, 6.07) is 0. The minimum Gasteiger partial charge on any atom is -0.466 e. The maximum Gasteiger partial charge on any atom is 0.302 e. The Kier molecular flexibility index (Phi) is 5.45. The molecule has 0 aromatic rings. The Morgan fingerprint density at radius 1 is 1.06 bits per heavy atom. The average molecular weight is 242 g/mol. The molecule has 0 saturated heterocycles.